The molecule has 5 heteroatoms. The third kappa shape index (κ3) is 5.65. The molecule has 0 amide bonds. The highest BCUT2D eigenvalue weighted by molar-refractivity contribution is 5.81. The number of methoxy groups -OCH3 is 1. The number of nitrogens with zero attached hydrogens (tertiary/aromatic N) is 1. The van der Waals surface area contributed by atoms with E-state index in [2.05, 4.69) is 10.4 Å². The van der Waals surface area contributed by atoms with Crippen molar-refractivity contribution in [3.63, 3.8) is 0 Å². The van der Waals surface area contributed by atoms with Crippen LogP contribution in [0.5, 0.6) is 5.75 Å². The lowest BCUT2D eigenvalue weighted by molar-refractivity contribution is 0.208. The lowest BCUT2D eigenvalue weighted by Crippen LogP contribution is -2.32. The SMILES string of the molecule is COCCN=C(CCOc1cccc(C)c1)NN. The van der Waals surface area contributed by atoms with E-state index in [1.54, 1.807) is 7.11 Å². The van der Waals surface area contributed by atoms with E-state index in [-0.39, 0.29) is 0 Å². The monoisotopic (exact) mass is 251 g/mol. The number of hydrogen-bond acceptors (Lipinski definition) is 4. The van der Waals surface area contributed by atoms with Crippen LogP contribution in [0.15, 0.2) is 29.3 Å². The minimum Gasteiger partial charge on any atom is -0.493 e. The van der Waals surface area contributed by atoms with Crippen LogP contribution in [0.1, 0.15) is 12.0 Å². The molecular weight excluding hydrogens is 230 g/mol. The molecule has 5 nitrogen and oxygen atoms in total. The topological polar surface area (TPSA) is 68.9 Å². The molecule has 0 spiro atoms. The second kappa shape index (κ2) is 8.49. The molecule has 0 aliphatic heterocycles. The van der Waals surface area contributed by atoms with E-state index >= 15 is 0 Å². The van der Waals surface area contributed by atoms with Crippen molar-refractivity contribution in [1.29, 1.82) is 0 Å². The molecule has 1 aromatic carbocycles. The maximum Gasteiger partial charge on any atom is 0.119 e. The van der Waals surface area contributed by atoms with Crippen molar-refractivity contribution >= 4 is 5.84 Å². The molecule has 0 fully saturated rings. The van der Waals surface area contributed by atoms with Crippen molar-refractivity contribution in [3.05, 3.63) is 29.8 Å². The van der Waals surface area contributed by atoms with Gasteiger partial charge in [0.2, 0.25) is 0 Å². The highest BCUT2D eigenvalue weighted by atomic mass is 16.5. The van der Waals surface area contributed by atoms with Gasteiger partial charge in [-0.05, 0) is 24.6 Å². The fourth-order valence-electron chi connectivity index (χ4n) is 1.44. The van der Waals surface area contributed by atoms with Gasteiger partial charge < -0.3 is 14.9 Å². The zero-order valence-corrected chi connectivity index (χ0v) is 11.0. The summed E-state index contributed by atoms with van der Waals surface area (Å²) < 4.78 is 10.5. The quantitative estimate of drug-likeness (QED) is 0.252. The summed E-state index contributed by atoms with van der Waals surface area (Å²) in [4.78, 5) is 4.26. The Hall–Kier alpha value is -1.59. The van der Waals surface area contributed by atoms with E-state index < -0.39 is 0 Å². The normalized spacial score (nSPS) is 11.4. The summed E-state index contributed by atoms with van der Waals surface area (Å²) in [6.45, 7) is 3.76. The lowest BCUT2D eigenvalue weighted by atomic mass is 10.2. The summed E-state index contributed by atoms with van der Waals surface area (Å²) in [6, 6.07) is 7.94. The third-order valence-corrected chi connectivity index (χ3v) is 2.36. The average Bonchev–Trinajstić information content (AvgIpc) is 2.37. The van der Waals surface area contributed by atoms with Gasteiger partial charge in [0.1, 0.15) is 11.6 Å². The highest BCUT2D eigenvalue weighted by Gasteiger charge is 1.98. The molecule has 0 aliphatic carbocycles. The summed E-state index contributed by atoms with van der Waals surface area (Å²) in [7, 11) is 1.64. The van der Waals surface area contributed by atoms with Gasteiger partial charge in [0.05, 0.1) is 19.8 Å². The molecule has 0 aliphatic rings. The standard InChI is InChI=1S/C13H21N3O2/c1-11-4-3-5-12(10-11)18-8-6-13(16-14)15-7-9-17-2/h3-5,10H,6-9,14H2,1-2H3,(H,15,16). The number of hydrazine groups is 1. The van der Waals surface area contributed by atoms with Gasteiger partial charge in [-0.3, -0.25) is 4.99 Å². The molecule has 0 saturated carbocycles. The number of hydrogen-bond donors (Lipinski definition) is 2. The van der Waals surface area contributed by atoms with E-state index in [1.165, 1.54) is 5.56 Å². The van der Waals surface area contributed by atoms with Gasteiger partial charge in [0.15, 0.2) is 0 Å². The van der Waals surface area contributed by atoms with E-state index in [1.807, 2.05) is 31.2 Å². The fourth-order valence-corrected chi connectivity index (χ4v) is 1.44. The molecule has 0 heterocycles. The van der Waals surface area contributed by atoms with Crippen molar-refractivity contribution in [2.75, 3.05) is 26.9 Å². The zero-order chi connectivity index (χ0) is 13.2. The molecule has 0 atom stereocenters. The molecular formula is C13H21N3O2. The van der Waals surface area contributed by atoms with Crippen LogP contribution in [0.25, 0.3) is 0 Å². The molecule has 100 valence electrons. The highest BCUT2D eigenvalue weighted by Crippen LogP contribution is 2.12. The average molecular weight is 251 g/mol. The minimum atomic E-state index is 0.541. The zero-order valence-electron chi connectivity index (χ0n) is 11.0. The van der Waals surface area contributed by atoms with E-state index in [0.29, 0.717) is 26.2 Å². The van der Waals surface area contributed by atoms with Crippen LogP contribution in [0, 0.1) is 6.92 Å². The van der Waals surface area contributed by atoms with Crippen LogP contribution in [-0.4, -0.2) is 32.7 Å². The van der Waals surface area contributed by atoms with E-state index in [9.17, 15) is 0 Å². The number of nitrogens with two attached hydrogens (primary N) is 1. The molecule has 0 unspecified atom stereocenters. The maximum absolute atomic E-state index is 5.62. The summed E-state index contributed by atoms with van der Waals surface area (Å²) >= 11 is 0. The van der Waals surface area contributed by atoms with Crippen molar-refractivity contribution in [2.45, 2.75) is 13.3 Å². The predicted octanol–water partition coefficient (Wildman–Crippen LogP) is 1.27. The lowest BCUT2D eigenvalue weighted by Gasteiger charge is -2.08. The van der Waals surface area contributed by atoms with Gasteiger partial charge in [-0.25, -0.2) is 5.84 Å². The van der Waals surface area contributed by atoms with Crippen LogP contribution >= 0.6 is 0 Å². The molecule has 0 bridgehead atoms. The predicted molar refractivity (Wildman–Crippen MR) is 72.8 cm³/mol. The second-order valence-electron chi connectivity index (χ2n) is 3.88. The van der Waals surface area contributed by atoms with Crippen LogP contribution in [-0.2, 0) is 4.74 Å². The number of amidine groups is 1. The van der Waals surface area contributed by atoms with Crippen LogP contribution < -0.4 is 16.0 Å². The number of ether oxygens (including phenoxy) is 2. The van der Waals surface area contributed by atoms with E-state index in [0.717, 1.165) is 11.6 Å². The Morgan fingerprint density at radius 3 is 2.89 bits per heavy atom. The van der Waals surface area contributed by atoms with Crippen molar-refractivity contribution < 1.29 is 9.47 Å². The first-order valence-corrected chi connectivity index (χ1v) is 5.94. The molecule has 3 N–H and O–H groups in total. The summed E-state index contributed by atoms with van der Waals surface area (Å²) in [6.07, 6.45) is 0.647. The van der Waals surface area contributed by atoms with Crippen molar-refractivity contribution in [3.8, 4) is 5.75 Å². The second-order valence-corrected chi connectivity index (χ2v) is 3.88. The Kier molecular flexibility index (Phi) is 6.83. The molecule has 0 aromatic heterocycles. The molecule has 0 saturated heterocycles. The number of nitrogens with one attached hydrogen (secondary N) is 1. The number of aryl methyl sites for hydroxylation is 1. The summed E-state index contributed by atoms with van der Waals surface area (Å²) in [5, 5.41) is 0. The van der Waals surface area contributed by atoms with Gasteiger partial charge in [0.25, 0.3) is 0 Å². The molecule has 1 rings (SSSR count). The third-order valence-electron chi connectivity index (χ3n) is 2.36. The maximum atomic E-state index is 5.62. The van der Waals surface area contributed by atoms with Gasteiger partial charge in [-0.15, -0.1) is 0 Å². The van der Waals surface area contributed by atoms with Crippen molar-refractivity contribution in [2.24, 2.45) is 10.8 Å². The first kappa shape index (κ1) is 14.5. The molecule has 1 aromatic rings. The Labute approximate surface area is 108 Å². The Balaban J connectivity index is 2.33. The van der Waals surface area contributed by atoms with Crippen LogP contribution in [0.4, 0.5) is 0 Å². The number of benzene rings is 1. The Morgan fingerprint density at radius 2 is 2.22 bits per heavy atom. The van der Waals surface area contributed by atoms with Gasteiger partial charge in [-0.2, -0.15) is 0 Å². The smallest absolute Gasteiger partial charge is 0.119 e. The number of aliphatic imine (C=N–C) groups is 1. The van der Waals surface area contributed by atoms with Gasteiger partial charge in [-0.1, -0.05) is 12.1 Å². The van der Waals surface area contributed by atoms with E-state index in [4.69, 9.17) is 15.3 Å². The van der Waals surface area contributed by atoms with Crippen LogP contribution in [0.3, 0.4) is 0 Å². The van der Waals surface area contributed by atoms with Crippen LogP contribution in [0.2, 0.25) is 0 Å². The first-order valence-electron chi connectivity index (χ1n) is 5.94. The largest absolute Gasteiger partial charge is 0.493 e. The number of rotatable bonds is 7. The minimum absolute atomic E-state index is 0.541. The summed E-state index contributed by atoms with van der Waals surface area (Å²) in [5.41, 5.74) is 3.75. The first-order chi connectivity index (χ1) is 8.76. The van der Waals surface area contributed by atoms with Crippen molar-refractivity contribution in [1.82, 2.24) is 5.43 Å². The van der Waals surface area contributed by atoms with Gasteiger partial charge in [0, 0.05) is 13.5 Å². The Bertz CT molecular complexity index is 380. The summed E-state index contributed by atoms with van der Waals surface area (Å²) in [5.74, 6) is 6.97. The fraction of sp³-hybridized carbons (Fsp3) is 0.462. The molecule has 0 radical (unpaired) electrons. The Morgan fingerprint density at radius 1 is 1.39 bits per heavy atom. The van der Waals surface area contributed by atoms with Gasteiger partial charge >= 0.3 is 0 Å². The molecule has 18 heavy (non-hydrogen) atoms.